The molecule has 2 heterocycles. The molecule has 1 aromatic heterocycles. The number of nitrogens with zero attached hydrogens (tertiary/aromatic N) is 2. The molecule has 7 heteroatoms. The lowest BCUT2D eigenvalue weighted by molar-refractivity contribution is -0.136. The van der Waals surface area contributed by atoms with Gasteiger partial charge in [0, 0.05) is 22.9 Å². The third kappa shape index (κ3) is 4.50. The van der Waals surface area contributed by atoms with E-state index in [4.69, 9.17) is 14.2 Å². The SMILES string of the molecule is Cc1nn(-c2ccccc2)c(C)c1/C=C/C(=O)OCC(=O)c1ccc2c(c1)OCCO2. The molecule has 0 aliphatic carbocycles. The summed E-state index contributed by atoms with van der Waals surface area (Å²) in [5.74, 6) is 0.203. The smallest absolute Gasteiger partial charge is 0.331 e. The monoisotopic (exact) mass is 418 g/mol. The summed E-state index contributed by atoms with van der Waals surface area (Å²) < 4.78 is 17.9. The molecule has 0 unspecified atom stereocenters. The zero-order chi connectivity index (χ0) is 21.8. The van der Waals surface area contributed by atoms with Crippen molar-refractivity contribution in [2.24, 2.45) is 0 Å². The first-order chi connectivity index (χ1) is 15.0. The Hall–Kier alpha value is -3.87. The molecule has 1 aliphatic rings. The zero-order valence-corrected chi connectivity index (χ0v) is 17.3. The van der Waals surface area contributed by atoms with Crippen LogP contribution in [0, 0.1) is 13.8 Å². The molecule has 0 saturated carbocycles. The van der Waals surface area contributed by atoms with Gasteiger partial charge in [-0.3, -0.25) is 4.79 Å². The minimum absolute atomic E-state index is 0.317. The first-order valence-electron chi connectivity index (χ1n) is 9.92. The van der Waals surface area contributed by atoms with Gasteiger partial charge in [-0.25, -0.2) is 9.48 Å². The lowest BCUT2D eigenvalue weighted by atomic mass is 10.1. The van der Waals surface area contributed by atoms with Crippen LogP contribution in [0.5, 0.6) is 11.5 Å². The van der Waals surface area contributed by atoms with Gasteiger partial charge in [-0.1, -0.05) is 18.2 Å². The third-order valence-corrected chi connectivity index (χ3v) is 4.94. The molecule has 0 atom stereocenters. The van der Waals surface area contributed by atoms with Crippen LogP contribution in [0.25, 0.3) is 11.8 Å². The summed E-state index contributed by atoms with van der Waals surface area (Å²) in [4.78, 5) is 24.5. The molecule has 0 radical (unpaired) electrons. The Labute approximate surface area is 179 Å². The van der Waals surface area contributed by atoms with Gasteiger partial charge in [0.25, 0.3) is 0 Å². The third-order valence-electron chi connectivity index (χ3n) is 4.94. The van der Waals surface area contributed by atoms with Crippen LogP contribution in [0.1, 0.15) is 27.3 Å². The number of esters is 1. The normalized spacial score (nSPS) is 12.7. The molecule has 158 valence electrons. The lowest BCUT2D eigenvalue weighted by Gasteiger charge is -2.18. The van der Waals surface area contributed by atoms with Gasteiger partial charge in [0.2, 0.25) is 0 Å². The number of carbonyl (C=O) groups excluding carboxylic acids is 2. The quantitative estimate of drug-likeness (QED) is 0.345. The molecule has 0 amide bonds. The van der Waals surface area contributed by atoms with E-state index in [1.807, 2.05) is 48.9 Å². The van der Waals surface area contributed by atoms with E-state index >= 15 is 0 Å². The second-order valence-corrected chi connectivity index (χ2v) is 7.05. The summed E-state index contributed by atoms with van der Waals surface area (Å²) in [6.45, 7) is 4.37. The second-order valence-electron chi connectivity index (χ2n) is 7.05. The van der Waals surface area contributed by atoms with Crippen molar-refractivity contribution in [1.82, 2.24) is 9.78 Å². The Morgan fingerprint density at radius 1 is 1.06 bits per heavy atom. The van der Waals surface area contributed by atoms with E-state index in [1.165, 1.54) is 6.08 Å². The van der Waals surface area contributed by atoms with Crippen molar-refractivity contribution in [1.29, 1.82) is 0 Å². The molecule has 3 aromatic rings. The van der Waals surface area contributed by atoms with E-state index in [1.54, 1.807) is 24.3 Å². The second kappa shape index (κ2) is 8.87. The van der Waals surface area contributed by atoms with E-state index in [2.05, 4.69) is 5.10 Å². The molecule has 0 fully saturated rings. The molecular weight excluding hydrogens is 396 g/mol. The first kappa shape index (κ1) is 20.4. The maximum Gasteiger partial charge on any atom is 0.331 e. The Morgan fingerprint density at radius 2 is 1.81 bits per heavy atom. The fourth-order valence-corrected chi connectivity index (χ4v) is 3.35. The summed E-state index contributed by atoms with van der Waals surface area (Å²) in [6.07, 6.45) is 2.97. The van der Waals surface area contributed by atoms with Crippen molar-refractivity contribution < 1.29 is 23.8 Å². The summed E-state index contributed by atoms with van der Waals surface area (Å²) >= 11 is 0. The zero-order valence-electron chi connectivity index (χ0n) is 17.3. The largest absolute Gasteiger partial charge is 0.486 e. The number of hydrogen-bond acceptors (Lipinski definition) is 6. The van der Waals surface area contributed by atoms with Crippen molar-refractivity contribution >= 4 is 17.8 Å². The van der Waals surface area contributed by atoms with Crippen LogP contribution in [-0.4, -0.2) is 41.4 Å². The van der Waals surface area contributed by atoms with Gasteiger partial charge in [0.1, 0.15) is 13.2 Å². The van der Waals surface area contributed by atoms with Crippen molar-refractivity contribution in [3.8, 4) is 17.2 Å². The number of aryl methyl sites for hydroxylation is 1. The first-order valence-corrected chi connectivity index (χ1v) is 9.92. The average molecular weight is 418 g/mol. The molecule has 2 aromatic carbocycles. The van der Waals surface area contributed by atoms with Gasteiger partial charge in [-0.2, -0.15) is 5.10 Å². The number of benzene rings is 2. The highest BCUT2D eigenvalue weighted by Crippen LogP contribution is 2.30. The highest BCUT2D eigenvalue weighted by Gasteiger charge is 2.16. The standard InChI is InChI=1S/C24H22N2O5/c1-16-20(17(2)26(25-16)19-6-4-3-5-7-19)9-11-24(28)31-15-21(27)18-8-10-22-23(14-18)30-13-12-29-22/h3-11,14H,12-13,15H2,1-2H3/b11-9+. The van der Waals surface area contributed by atoms with Gasteiger partial charge in [-0.05, 0) is 50.3 Å². The minimum Gasteiger partial charge on any atom is -0.486 e. The number of aromatic nitrogens is 2. The minimum atomic E-state index is -0.600. The Balaban J connectivity index is 1.39. The number of ether oxygens (including phenoxy) is 3. The molecule has 0 N–H and O–H groups in total. The number of hydrogen-bond donors (Lipinski definition) is 0. The maximum atomic E-state index is 12.4. The predicted molar refractivity (Wildman–Crippen MR) is 115 cm³/mol. The molecule has 31 heavy (non-hydrogen) atoms. The number of ketones is 1. The molecule has 4 rings (SSSR count). The van der Waals surface area contributed by atoms with Gasteiger partial charge < -0.3 is 14.2 Å². The predicted octanol–water partition coefficient (Wildman–Crippen LogP) is 3.70. The van der Waals surface area contributed by atoms with Gasteiger partial charge in [0.05, 0.1) is 11.4 Å². The van der Waals surface area contributed by atoms with Gasteiger partial charge >= 0.3 is 5.97 Å². The summed E-state index contributed by atoms with van der Waals surface area (Å²) in [6, 6.07) is 14.7. The molecule has 0 spiro atoms. The van der Waals surface area contributed by atoms with Crippen LogP contribution in [0.2, 0.25) is 0 Å². The molecule has 1 aliphatic heterocycles. The van der Waals surface area contributed by atoms with Crippen LogP contribution >= 0.6 is 0 Å². The van der Waals surface area contributed by atoms with Crippen molar-refractivity contribution in [3.05, 3.63) is 77.1 Å². The summed E-state index contributed by atoms with van der Waals surface area (Å²) in [7, 11) is 0. The highest BCUT2D eigenvalue weighted by molar-refractivity contribution is 5.99. The fourth-order valence-electron chi connectivity index (χ4n) is 3.35. The maximum absolute atomic E-state index is 12.4. The number of carbonyl (C=O) groups is 2. The summed E-state index contributed by atoms with van der Waals surface area (Å²) in [5, 5.41) is 4.54. The van der Waals surface area contributed by atoms with Crippen LogP contribution in [0.15, 0.2) is 54.6 Å². The highest BCUT2D eigenvalue weighted by atomic mass is 16.6. The summed E-state index contributed by atoms with van der Waals surface area (Å²) in [5.41, 5.74) is 3.86. The van der Waals surface area contributed by atoms with Crippen molar-refractivity contribution in [2.45, 2.75) is 13.8 Å². The van der Waals surface area contributed by atoms with Crippen LogP contribution in [-0.2, 0) is 9.53 Å². The fraction of sp³-hybridized carbons (Fsp3) is 0.208. The van der Waals surface area contributed by atoms with E-state index in [0.29, 0.717) is 30.3 Å². The van der Waals surface area contributed by atoms with Gasteiger partial charge in [0.15, 0.2) is 23.9 Å². The van der Waals surface area contributed by atoms with E-state index < -0.39 is 5.97 Å². The van der Waals surface area contributed by atoms with Crippen LogP contribution in [0.4, 0.5) is 0 Å². The topological polar surface area (TPSA) is 79.7 Å². The Kier molecular flexibility index (Phi) is 5.84. The molecule has 0 bridgehead atoms. The number of para-hydroxylation sites is 1. The van der Waals surface area contributed by atoms with E-state index in [9.17, 15) is 9.59 Å². The number of fused-ring (bicyclic) bond motifs is 1. The van der Waals surface area contributed by atoms with Crippen molar-refractivity contribution in [2.75, 3.05) is 19.8 Å². The van der Waals surface area contributed by atoms with Crippen LogP contribution < -0.4 is 9.47 Å². The Bertz CT molecular complexity index is 1150. The number of rotatable bonds is 6. The van der Waals surface area contributed by atoms with Crippen LogP contribution in [0.3, 0.4) is 0 Å². The molecule has 0 saturated heterocycles. The van der Waals surface area contributed by atoms with Crippen molar-refractivity contribution in [3.63, 3.8) is 0 Å². The van der Waals surface area contributed by atoms with E-state index in [-0.39, 0.29) is 12.4 Å². The number of Topliss-reactive ketones (excluding diaryl/α,β-unsaturated/α-hetero) is 1. The Morgan fingerprint density at radius 3 is 2.58 bits per heavy atom. The van der Waals surface area contributed by atoms with E-state index in [0.717, 1.165) is 22.6 Å². The molecule has 7 nitrogen and oxygen atoms in total. The molecular formula is C24H22N2O5. The lowest BCUT2D eigenvalue weighted by Crippen LogP contribution is -2.17. The average Bonchev–Trinajstić information content (AvgIpc) is 3.09. The van der Waals surface area contributed by atoms with Gasteiger partial charge in [-0.15, -0.1) is 0 Å².